The Balaban J connectivity index is 1.71. The van der Waals surface area contributed by atoms with Gasteiger partial charge in [0.1, 0.15) is 5.75 Å². The molecule has 6 heteroatoms. The second kappa shape index (κ2) is 7.26. The van der Waals surface area contributed by atoms with E-state index < -0.39 is 0 Å². The van der Waals surface area contributed by atoms with Crippen molar-refractivity contribution in [3.05, 3.63) is 41.5 Å². The zero-order valence-corrected chi connectivity index (χ0v) is 14.0. The van der Waals surface area contributed by atoms with Gasteiger partial charge in [-0.2, -0.15) is 4.98 Å². The Morgan fingerprint density at radius 2 is 1.91 bits per heavy atom. The Morgan fingerprint density at radius 3 is 2.52 bits per heavy atom. The molecule has 0 aliphatic rings. The predicted octanol–water partition coefficient (Wildman–Crippen LogP) is 3.19. The molecule has 124 valence electrons. The van der Waals surface area contributed by atoms with Crippen LogP contribution in [0.1, 0.15) is 44.5 Å². The lowest BCUT2D eigenvalue weighted by atomic mass is 9.96. The van der Waals surface area contributed by atoms with Crippen molar-refractivity contribution in [2.75, 3.05) is 6.61 Å². The van der Waals surface area contributed by atoms with E-state index in [1.165, 1.54) is 0 Å². The molecule has 0 amide bonds. The van der Waals surface area contributed by atoms with Gasteiger partial charge in [0.15, 0.2) is 12.4 Å². The summed E-state index contributed by atoms with van der Waals surface area (Å²) in [5.41, 5.74) is 0.958. The molecule has 0 saturated carbocycles. The Labute approximate surface area is 135 Å². The van der Waals surface area contributed by atoms with Crippen LogP contribution in [0.15, 0.2) is 28.8 Å². The van der Waals surface area contributed by atoms with Gasteiger partial charge in [0, 0.05) is 5.41 Å². The monoisotopic (exact) mass is 318 g/mol. The van der Waals surface area contributed by atoms with Crippen molar-refractivity contribution >= 4 is 5.97 Å². The normalized spacial score (nSPS) is 11.3. The highest BCUT2D eigenvalue weighted by Gasteiger charge is 2.21. The van der Waals surface area contributed by atoms with Gasteiger partial charge in [0.05, 0.1) is 13.0 Å². The fourth-order valence-corrected chi connectivity index (χ4v) is 1.72. The van der Waals surface area contributed by atoms with Crippen LogP contribution in [0.25, 0.3) is 0 Å². The zero-order valence-electron chi connectivity index (χ0n) is 14.0. The van der Waals surface area contributed by atoms with Crippen molar-refractivity contribution in [1.82, 2.24) is 10.1 Å². The molecule has 2 rings (SSSR count). The van der Waals surface area contributed by atoms with Crippen LogP contribution in [0.2, 0.25) is 0 Å². The molecule has 0 unspecified atom stereocenters. The van der Waals surface area contributed by atoms with E-state index >= 15 is 0 Å². The summed E-state index contributed by atoms with van der Waals surface area (Å²) in [4.78, 5) is 15.9. The lowest BCUT2D eigenvalue weighted by Crippen LogP contribution is -2.13. The lowest BCUT2D eigenvalue weighted by molar-refractivity contribution is -0.146. The van der Waals surface area contributed by atoms with E-state index in [0.29, 0.717) is 11.7 Å². The molecule has 23 heavy (non-hydrogen) atoms. The molecule has 0 aliphatic carbocycles. The third-order valence-electron chi connectivity index (χ3n) is 3.09. The molecular formula is C17H22N2O4. The van der Waals surface area contributed by atoms with E-state index in [-0.39, 0.29) is 31.0 Å². The molecule has 0 fully saturated rings. The number of nitrogens with zero attached hydrogens (tertiary/aromatic N) is 2. The second-order valence-electron chi connectivity index (χ2n) is 6.33. The molecule has 0 N–H and O–H groups in total. The molecule has 0 saturated heterocycles. The standard InChI is InChI=1S/C17H22N2O4/c1-12-5-7-13(8-6-12)21-10-9-15(20)22-11-14-18-16(19-23-14)17(2,3)4/h5-8H,9-11H2,1-4H3. The van der Waals surface area contributed by atoms with E-state index in [9.17, 15) is 4.79 Å². The Bertz CT molecular complexity index is 641. The van der Waals surface area contributed by atoms with E-state index in [2.05, 4.69) is 10.1 Å². The number of ether oxygens (including phenoxy) is 2. The molecule has 1 aromatic heterocycles. The van der Waals surface area contributed by atoms with E-state index in [1.807, 2.05) is 52.0 Å². The van der Waals surface area contributed by atoms with Gasteiger partial charge in [-0.05, 0) is 19.1 Å². The highest BCUT2D eigenvalue weighted by Crippen LogP contribution is 2.18. The number of aromatic nitrogens is 2. The molecule has 1 aromatic carbocycles. The molecule has 6 nitrogen and oxygen atoms in total. The zero-order chi connectivity index (χ0) is 16.9. The minimum atomic E-state index is -0.368. The van der Waals surface area contributed by atoms with E-state index in [4.69, 9.17) is 14.0 Å². The summed E-state index contributed by atoms with van der Waals surface area (Å²) in [6.45, 7) is 8.19. The quantitative estimate of drug-likeness (QED) is 0.762. The van der Waals surface area contributed by atoms with Crippen molar-refractivity contribution < 1.29 is 18.8 Å². The fourth-order valence-electron chi connectivity index (χ4n) is 1.72. The van der Waals surface area contributed by atoms with Crippen LogP contribution < -0.4 is 4.74 Å². The van der Waals surface area contributed by atoms with Crippen LogP contribution in [0, 0.1) is 6.92 Å². The molecular weight excluding hydrogens is 296 g/mol. The fraction of sp³-hybridized carbons (Fsp3) is 0.471. The average Bonchev–Trinajstić information content (AvgIpc) is 2.96. The summed E-state index contributed by atoms with van der Waals surface area (Å²) >= 11 is 0. The van der Waals surface area contributed by atoms with Gasteiger partial charge in [0.25, 0.3) is 5.89 Å². The molecule has 1 heterocycles. The molecule has 2 aromatic rings. The largest absolute Gasteiger partial charge is 0.493 e. The first-order valence-corrected chi connectivity index (χ1v) is 7.53. The summed E-state index contributed by atoms with van der Waals surface area (Å²) in [5.74, 6) is 1.25. The maximum atomic E-state index is 11.7. The summed E-state index contributed by atoms with van der Waals surface area (Å²) in [7, 11) is 0. The predicted molar refractivity (Wildman–Crippen MR) is 84.1 cm³/mol. The average molecular weight is 318 g/mol. The van der Waals surface area contributed by atoms with Gasteiger partial charge in [-0.1, -0.05) is 43.6 Å². The van der Waals surface area contributed by atoms with Gasteiger partial charge >= 0.3 is 5.97 Å². The Kier molecular flexibility index (Phi) is 5.36. The van der Waals surface area contributed by atoms with Crippen LogP contribution >= 0.6 is 0 Å². The Hall–Kier alpha value is -2.37. The van der Waals surface area contributed by atoms with Crippen LogP contribution in [0.5, 0.6) is 5.75 Å². The molecule has 0 bridgehead atoms. The Morgan fingerprint density at radius 1 is 1.22 bits per heavy atom. The van der Waals surface area contributed by atoms with E-state index in [0.717, 1.165) is 11.3 Å². The first kappa shape index (κ1) is 17.0. The highest BCUT2D eigenvalue weighted by atomic mass is 16.6. The van der Waals surface area contributed by atoms with Crippen molar-refractivity contribution in [3.8, 4) is 5.75 Å². The lowest BCUT2D eigenvalue weighted by Gasteiger charge is -2.10. The second-order valence-corrected chi connectivity index (χ2v) is 6.33. The molecule has 0 radical (unpaired) electrons. The maximum Gasteiger partial charge on any atom is 0.309 e. The smallest absolute Gasteiger partial charge is 0.309 e. The number of carbonyl (C=O) groups is 1. The first-order chi connectivity index (χ1) is 10.8. The van der Waals surface area contributed by atoms with Crippen molar-refractivity contribution in [3.63, 3.8) is 0 Å². The number of aryl methyl sites for hydroxylation is 1. The number of esters is 1. The van der Waals surface area contributed by atoms with Crippen LogP contribution in [-0.2, 0) is 21.6 Å². The maximum absolute atomic E-state index is 11.7. The number of rotatable bonds is 6. The number of carbonyl (C=O) groups excluding carboxylic acids is 1. The summed E-state index contributed by atoms with van der Waals surface area (Å²) < 4.78 is 15.6. The third kappa shape index (κ3) is 5.39. The van der Waals surface area contributed by atoms with Gasteiger partial charge < -0.3 is 14.0 Å². The van der Waals surface area contributed by atoms with Gasteiger partial charge in [0.2, 0.25) is 0 Å². The van der Waals surface area contributed by atoms with Gasteiger partial charge in [-0.15, -0.1) is 0 Å². The highest BCUT2D eigenvalue weighted by molar-refractivity contribution is 5.69. The number of benzene rings is 1. The SMILES string of the molecule is Cc1ccc(OCCC(=O)OCc2nc(C(C)(C)C)no2)cc1. The van der Waals surface area contributed by atoms with Gasteiger partial charge in [-0.25, -0.2) is 0 Å². The minimum absolute atomic E-state index is 0.0214. The van der Waals surface area contributed by atoms with Crippen molar-refractivity contribution in [2.45, 2.75) is 46.1 Å². The first-order valence-electron chi connectivity index (χ1n) is 7.53. The van der Waals surface area contributed by atoms with Gasteiger partial charge in [-0.3, -0.25) is 4.79 Å². The topological polar surface area (TPSA) is 74.5 Å². The molecule has 0 aliphatic heterocycles. The third-order valence-corrected chi connectivity index (χ3v) is 3.09. The van der Waals surface area contributed by atoms with Crippen LogP contribution in [-0.4, -0.2) is 22.7 Å². The minimum Gasteiger partial charge on any atom is -0.493 e. The van der Waals surface area contributed by atoms with E-state index in [1.54, 1.807) is 0 Å². The number of hydrogen-bond acceptors (Lipinski definition) is 6. The molecule has 0 spiro atoms. The molecule has 0 atom stereocenters. The summed E-state index contributed by atoms with van der Waals surface area (Å²) in [5, 5.41) is 3.87. The van der Waals surface area contributed by atoms with Crippen LogP contribution in [0.3, 0.4) is 0 Å². The van der Waals surface area contributed by atoms with Crippen molar-refractivity contribution in [2.24, 2.45) is 0 Å². The number of hydrogen-bond donors (Lipinski definition) is 0. The summed E-state index contributed by atoms with van der Waals surface area (Å²) in [6.07, 6.45) is 0.161. The summed E-state index contributed by atoms with van der Waals surface area (Å²) in [6, 6.07) is 7.65. The van der Waals surface area contributed by atoms with Crippen LogP contribution in [0.4, 0.5) is 0 Å². The van der Waals surface area contributed by atoms with Crippen molar-refractivity contribution in [1.29, 1.82) is 0 Å².